The summed E-state index contributed by atoms with van der Waals surface area (Å²) in [5, 5.41) is 5.00. The van der Waals surface area contributed by atoms with E-state index in [1.165, 1.54) is 6.07 Å². The first kappa shape index (κ1) is 18.3. The summed E-state index contributed by atoms with van der Waals surface area (Å²) in [5.41, 5.74) is 0.946. The lowest BCUT2D eigenvalue weighted by Crippen LogP contribution is -2.44. The van der Waals surface area contributed by atoms with Crippen LogP contribution >= 0.6 is 0 Å². The van der Waals surface area contributed by atoms with E-state index < -0.39 is 0 Å². The van der Waals surface area contributed by atoms with Crippen LogP contribution in [0.2, 0.25) is 0 Å². The van der Waals surface area contributed by atoms with Crippen LogP contribution in [-0.4, -0.2) is 58.6 Å². The molecule has 3 heterocycles. The molecular formula is C20H24N4O4. The number of methoxy groups -OCH3 is 1. The summed E-state index contributed by atoms with van der Waals surface area (Å²) in [6.07, 6.45) is 2.10. The van der Waals surface area contributed by atoms with Crippen molar-refractivity contribution in [1.29, 1.82) is 0 Å². The Hall–Kier alpha value is -3.03. The van der Waals surface area contributed by atoms with E-state index in [1.807, 2.05) is 29.2 Å². The quantitative estimate of drug-likeness (QED) is 0.832. The first-order valence-electron chi connectivity index (χ1n) is 9.46. The van der Waals surface area contributed by atoms with Gasteiger partial charge in [0.15, 0.2) is 0 Å². The highest BCUT2D eigenvalue weighted by atomic mass is 16.5. The SMILES string of the molecule is COc1cccc(CN2CC3(CCN(C(=O)c4cc(=O)[nH][nH]4)CC3)CC2=O)c1. The molecule has 0 aliphatic carbocycles. The lowest BCUT2D eigenvalue weighted by Gasteiger charge is -2.38. The molecule has 2 saturated heterocycles. The van der Waals surface area contributed by atoms with Crippen molar-refractivity contribution < 1.29 is 14.3 Å². The van der Waals surface area contributed by atoms with Gasteiger partial charge in [-0.25, -0.2) is 0 Å². The molecule has 2 aromatic rings. The number of amides is 2. The monoisotopic (exact) mass is 384 g/mol. The van der Waals surface area contributed by atoms with Crippen molar-refractivity contribution in [3.63, 3.8) is 0 Å². The normalized spacial score (nSPS) is 18.7. The Kier molecular flexibility index (Phi) is 4.70. The van der Waals surface area contributed by atoms with Gasteiger partial charge in [-0.3, -0.25) is 24.6 Å². The molecule has 0 radical (unpaired) electrons. The number of aromatic nitrogens is 2. The Labute approximate surface area is 162 Å². The van der Waals surface area contributed by atoms with E-state index >= 15 is 0 Å². The van der Waals surface area contributed by atoms with Crippen LogP contribution in [0, 0.1) is 5.41 Å². The van der Waals surface area contributed by atoms with E-state index in [4.69, 9.17) is 4.74 Å². The molecule has 0 unspecified atom stereocenters. The minimum atomic E-state index is -0.314. The summed E-state index contributed by atoms with van der Waals surface area (Å²) in [4.78, 5) is 40.0. The molecule has 2 fully saturated rings. The molecule has 148 valence electrons. The van der Waals surface area contributed by atoms with Gasteiger partial charge in [0.2, 0.25) is 5.91 Å². The summed E-state index contributed by atoms with van der Waals surface area (Å²) < 4.78 is 5.26. The molecular weight excluding hydrogens is 360 g/mol. The molecule has 4 rings (SSSR count). The lowest BCUT2D eigenvalue weighted by atomic mass is 9.77. The number of aromatic amines is 2. The number of ether oxygens (including phenoxy) is 1. The molecule has 8 nitrogen and oxygen atoms in total. The highest BCUT2D eigenvalue weighted by Gasteiger charge is 2.45. The summed E-state index contributed by atoms with van der Waals surface area (Å²) >= 11 is 0. The molecule has 2 amide bonds. The predicted molar refractivity (Wildman–Crippen MR) is 102 cm³/mol. The summed E-state index contributed by atoms with van der Waals surface area (Å²) in [5.74, 6) is 0.775. The fraction of sp³-hybridized carbons (Fsp3) is 0.450. The third kappa shape index (κ3) is 3.54. The summed E-state index contributed by atoms with van der Waals surface area (Å²) in [7, 11) is 1.63. The average Bonchev–Trinajstić information content (AvgIpc) is 3.25. The van der Waals surface area contributed by atoms with Crippen LogP contribution in [0.25, 0.3) is 0 Å². The van der Waals surface area contributed by atoms with Crippen LogP contribution < -0.4 is 10.3 Å². The predicted octanol–water partition coefficient (Wildman–Crippen LogP) is 1.37. The second-order valence-corrected chi connectivity index (χ2v) is 7.74. The number of hydrogen-bond acceptors (Lipinski definition) is 4. The first-order chi connectivity index (χ1) is 13.5. The number of likely N-dealkylation sites (tertiary alicyclic amines) is 2. The molecule has 2 aliphatic heterocycles. The van der Waals surface area contributed by atoms with E-state index in [0.29, 0.717) is 32.6 Å². The second kappa shape index (κ2) is 7.18. The van der Waals surface area contributed by atoms with Crippen LogP contribution in [0.4, 0.5) is 0 Å². The number of rotatable bonds is 4. The standard InChI is InChI=1S/C20H24N4O4/c1-28-15-4-2-3-14(9-15)12-24-13-20(11-18(24)26)5-7-23(8-6-20)19(27)16-10-17(25)22-21-16/h2-4,9-10H,5-8,11-13H2,1H3,(H2,21,22,25). The fourth-order valence-corrected chi connectivity index (χ4v) is 4.25. The molecule has 0 atom stereocenters. The second-order valence-electron chi connectivity index (χ2n) is 7.74. The number of carbonyl (C=O) groups excluding carboxylic acids is 2. The van der Waals surface area contributed by atoms with Gasteiger partial charge in [-0.1, -0.05) is 12.1 Å². The van der Waals surface area contributed by atoms with E-state index in [1.54, 1.807) is 12.0 Å². The van der Waals surface area contributed by atoms with Gasteiger partial charge < -0.3 is 14.5 Å². The van der Waals surface area contributed by atoms with Crippen molar-refractivity contribution in [3.05, 3.63) is 51.9 Å². The molecule has 1 spiro atoms. The molecule has 2 N–H and O–H groups in total. The third-order valence-corrected chi connectivity index (χ3v) is 5.85. The van der Waals surface area contributed by atoms with Crippen LogP contribution in [0.15, 0.2) is 35.1 Å². The highest BCUT2D eigenvalue weighted by Crippen LogP contribution is 2.41. The Morgan fingerprint density at radius 2 is 1.96 bits per heavy atom. The van der Waals surface area contributed by atoms with Crippen molar-refractivity contribution in [1.82, 2.24) is 20.0 Å². The molecule has 1 aromatic carbocycles. The van der Waals surface area contributed by atoms with Gasteiger partial charge >= 0.3 is 0 Å². The van der Waals surface area contributed by atoms with Gasteiger partial charge in [0, 0.05) is 44.1 Å². The number of carbonyl (C=O) groups is 2. The Morgan fingerprint density at radius 3 is 2.64 bits per heavy atom. The van der Waals surface area contributed by atoms with Crippen molar-refractivity contribution in [2.75, 3.05) is 26.7 Å². The number of hydrogen-bond donors (Lipinski definition) is 2. The molecule has 0 bridgehead atoms. The van der Waals surface area contributed by atoms with Gasteiger partial charge in [-0.05, 0) is 30.5 Å². The maximum Gasteiger partial charge on any atom is 0.271 e. The van der Waals surface area contributed by atoms with Crippen LogP contribution in [0.3, 0.4) is 0 Å². The van der Waals surface area contributed by atoms with Crippen LogP contribution in [0.5, 0.6) is 5.75 Å². The zero-order chi connectivity index (χ0) is 19.7. The van der Waals surface area contributed by atoms with Crippen molar-refractivity contribution >= 4 is 11.8 Å². The topological polar surface area (TPSA) is 98.5 Å². The maximum absolute atomic E-state index is 12.6. The van der Waals surface area contributed by atoms with Gasteiger partial charge in [-0.2, -0.15) is 0 Å². The van der Waals surface area contributed by atoms with Crippen molar-refractivity contribution in [3.8, 4) is 5.75 Å². The van der Waals surface area contributed by atoms with Crippen molar-refractivity contribution in [2.45, 2.75) is 25.8 Å². The van der Waals surface area contributed by atoms with E-state index in [0.717, 1.165) is 24.2 Å². The van der Waals surface area contributed by atoms with Crippen molar-refractivity contribution in [2.24, 2.45) is 5.41 Å². The Balaban J connectivity index is 1.38. The number of H-pyrrole nitrogens is 2. The average molecular weight is 384 g/mol. The van der Waals surface area contributed by atoms with E-state index in [9.17, 15) is 14.4 Å². The minimum absolute atomic E-state index is 0.0711. The summed E-state index contributed by atoms with van der Waals surface area (Å²) in [6, 6.07) is 9.06. The first-order valence-corrected chi connectivity index (χ1v) is 9.46. The summed E-state index contributed by atoms with van der Waals surface area (Å²) in [6.45, 7) is 2.47. The highest BCUT2D eigenvalue weighted by molar-refractivity contribution is 5.92. The largest absolute Gasteiger partial charge is 0.497 e. The number of nitrogens with one attached hydrogen (secondary N) is 2. The molecule has 1 aromatic heterocycles. The van der Waals surface area contributed by atoms with E-state index in [-0.39, 0.29) is 28.5 Å². The minimum Gasteiger partial charge on any atom is -0.497 e. The third-order valence-electron chi connectivity index (χ3n) is 5.85. The zero-order valence-corrected chi connectivity index (χ0v) is 15.9. The van der Waals surface area contributed by atoms with Gasteiger partial charge in [-0.15, -0.1) is 0 Å². The van der Waals surface area contributed by atoms with Gasteiger partial charge in [0.25, 0.3) is 11.5 Å². The van der Waals surface area contributed by atoms with Crippen LogP contribution in [-0.2, 0) is 11.3 Å². The zero-order valence-electron chi connectivity index (χ0n) is 15.9. The molecule has 0 saturated carbocycles. The van der Waals surface area contributed by atoms with E-state index in [2.05, 4.69) is 10.2 Å². The molecule has 2 aliphatic rings. The Bertz CT molecular complexity index is 939. The molecule has 28 heavy (non-hydrogen) atoms. The Morgan fingerprint density at radius 1 is 1.18 bits per heavy atom. The maximum atomic E-state index is 12.6. The molecule has 8 heteroatoms. The number of piperidine rings is 1. The fourth-order valence-electron chi connectivity index (χ4n) is 4.25. The van der Waals surface area contributed by atoms with Gasteiger partial charge in [0.1, 0.15) is 11.4 Å². The van der Waals surface area contributed by atoms with Gasteiger partial charge in [0.05, 0.1) is 7.11 Å². The lowest BCUT2D eigenvalue weighted by molar-refractivity contribution is -0.128. The smallest absolute Gasteiger partial charge is 0.271 e. The van der Waals surface area contributed by atoms with Crippen LogP contribution in [0.1, 0.15) is 35.3 Å². The number of benzene rings is 1. The number of nitrogens with zero attached hydrogens (tertiary/aromatic N) is 2.